The van der Waals surface area contributed by atoms with Gasteiger partial charge in [-0.2, -0.15) is 5.21 Å². The van der Waals surface area contributed by atoms with E-state index in [4.69, 9.17) is 0 Å². The van der Waals surface area contributed by atoms with Crippen molar-refractivity contribution < 1.29 is 4.79 Å². The van der Waals surface area contributed by atoms with Gasteiger partial charge in [-0.05, 0) is 63.9 Å². The number of hydrogen-bond acceptors (Lipinski definition) is 5. The molecule has 5 rings (SSSR count). The van der Waals surface area contributed by atoms with Crippen molar-refractivity contribution in [1.82, 2.24) is 30.2 Å². The highest BCUT2D eigenvalue weighted by Gasteiger charge is 2.18. The summed E-state index contributed by atoms with van der Waals surface area (Å²) in [5.41, 5.74) is 7.11. The van der Waals surface area contributed by atoms with Crippen LogP contribution in [0.5, 0.6) is 0 Å². The summed E-state index contributed by atoms with van der Waals surface area (Å²) in [6.07, 6.45) is 6.20. The van der Waals surface area contributed by atoms with Crippen LogP contribution in [0.1, 0.15) is 68.3 Å². The van der Waals surface area contributed by atoms with Gasteiger partial charge >= 0.3 is 0 Å². The largest absolute Gasteiger partial charge is 0.321 e. The number of aryl methyl sites for hydroxylation is 1. The maximum Gasteiger partial charge on any atom is 0.205 e. The quantitative estimate of drug-likeness (QED) is 0.169. The number of carbonyl (C=O) groups is 1. The Kier molecular flexibility index (Phi) is 8.59. The number of tetrazole rings is 1. The summed E-state index contributed by atoms with van der Waals surface area (Å²) >= 11 is 0. The summed E-state index contributed by atoms with van der Waals surface area (Å²) in [7, 11) is 0. The highest BCUT2D eigenvalue weighted by atomic mass is 16.1. The number of rotatable bonds is 12. The first-order chi connectivity index (χ1) is 19.5. The molecule has 0 aliphatic rings. The highest BCUT2D eigenvalue weighted by molar-refractivity contribution is 5.94. The van der Waals surface area contributed by atoms with E-state index in [0.29, 0.717) is 30.4 Å². The Morgan fingerprint density at radius 2 is 1.70 bits per heavy atom. The number of imidazole rings is 1. The summed E-state index contributed by atoms with van der Waals surface area (Å²) in [5, 5.41) is 14.8. The Labute approximate surface area is 235 Å². The van der Waals surface area contributed by atoms with E-state index in [2.05, 4.69) is 106 Å². The highest BCUT2D eigenvalue weighted by Crippen LogP contribution is 2.34. The van der Waals surface area contributed by atoms with Gasteiger partial charge in [0.2, 0.25) is 5.82 Å². The van der Waals surface area contributed by atoms with E-state index >= 15 is 0 Å². The van der Waals surface area contributed by atoms with Gasteiger partial charge in [-0.3, -0.25) is 4.79 Å². The molecule has 2 aromatic heterocycles. The van der Waals surface area contributed by atoms with Crippen molar-refractivity contribution in [3.05, 3.63) is 96.1 Å². The molecule has 0 aliphatic heterocycles. The van der Waals surface area contributed by atoms with Crippen LogP contribution in [0.4, 0.5) is 0 Å². The fourth-order valence-corrected chi connectivity index (χ4v) is 4.93. The molecule has 0 fully saturated rings. The Balaban J connectivity index is 1.46. The van der Waals surface area contributed by atoms with Crippen LogP contribution in [0, 0.1) is 5.92 Å². The Morgan fingerprint density at radius 3 is 2.40 bits per heavy atom. The van der Waals surface area contributed by atoms with Crippen LogP contribution < -0.4 is 0 Å². The summed E-state index contributed by atoms with van der Waals surface area (Å²) in [5.74, 6) is 2.20. The van der Waals surface area contributed by atoms with Crippen LogP contribution in [0.15, 0.2) is 79.0 Å². The summed E-state index contributed by atoms with van der Waals surface area (Å²) in [6.45, 7) is 7.09. The third-order valence-corrected chi connectivity index (χ3v) is 7.25. The molecule has 204 valence electrons. The zero-order chi connectivity index (χ0) is 27.9. The first kappa shape index (κ1) is 27.2. The Bertz CT molecular complexity index is 1540. The molecule has 0 amide bonds. The molecule has 0 unspecified atom stereocenters. The van der Waals surface area contributed by atoms with Gasteiger partial charge < -0.3 is 4.57 Å². The van der Waals surface area contributed by atoms with Gasteiger partial charge in [0.1, 0.15) is 11.5 Å². The van der Waals surface area contributed by atoms with Crippen LogP contribution in [0.3, 0.4) is 0 Å². The Morgan fingerprint density at radius 1 is 0.925 bits per heavy atom. The smallest absolute Gasteiger partial charge is 0.205 e. The molecular weight excluding hydrogens is 496 g/mol. The van der Waals surface area contributed by atoms with E-state index in [1.165, 1.54) is 0 Å². The van der Waals surface area contributed by atoms with Crippen molar-refractivity contribution in [2.24, 2.45) is 5.92 Å². The minimum Gasteiger partial charge on any atom is -0.321 e. The molecule has 5 aromatic rings. The molecule has 1 N–H and O–H groups in total. The number of unbranched alkanes of at least 4 members (excludes halogenated alkanes) is 1. The molecule has 0 saturated carbocycles. The van der Waals surface area contributed by atoms with E-state index in [9.17, 15) is 4.79 Å². The number of hydrogen-bond donors (Lipinski definition) is 1. The van der Waals surface area contributed by atoms with Crippen molar-refractivity contribution >= 4 is 5.78 Å². The normalized spacial score (nSPS) is 11.3. The molecular formula is C33H36N6O. The molecule has 0 radical (unpaired) electrons. The number of carbonyl (C=O) groups excluding carboxylic acids is 1. The van der Waals surface area contributed by atoms with Crippen LogP contribution in [0.25, 0.3) is 33.6 Å². The van der Waals surface area contributed by atoms with Gasteiger partial charge in [0, 0.05) is 24.9 Å². The molecule has 0 spiro atoms. The van der Waals surface area contributed by atoms with E-state index in [0.717, 1.165) is 64.9 Å². The summed E-state index contributed by atoms with van der Waals surface area (Å²) in [6, 6.07) is 25.2. The fraction of sp³-hybridized carbons (Fsp3) is 0.303. The second-order valence-electron chi connectivity index (χ2n) is 10.7. The predicted molar refractivity (Wildman–Crippen MR) is 159 cm³/mol. The Hall–Kier alpha value is -4.39. The molecule has 7 heteroatoms. The van der Waals surface area contributed by atoms with Crippen LogP contribution >= 0.6 is 0 Å². The average molecular weight is 533 g/mol. The molecule has 3 aromatic carbocycles. The van der Waals surface area contributed by atoms with Gasteiger partial charge in [-0.25, -0.2) is 4.98 Å². The van der Waals surface area contributed by atoms with E-state index in [-0.39, 0.29) is 5.78 Å². The number of nitrogens with one attached hydrogen (secondary N) is 1. The number of Topliss-reactive ketones (excluding diaryl/α,β-unsaturated/α-hetero) is 1. The van der Waals surface area contributed by atoms with Gasteiger partial charge in [0.25, 0.3) is 0 Å². The van der Waals surface area contributed by atoms with E-state index in [1.54, 1.807) is 6.20 Å². The standard InChI is InChI=1S/C33H36N6O/c1-4-5-11-32-34-21-30(31(40)19-12-23(2)3)39(32)22-24-13-15-26(16-14-24)29-20-27(25-9-7-6-8-10-25)17-18-28(29)33-35-37-38-36-33/h6-10,13-18,20-21,23H,4-5,11-12,19,22H2,1-3H3,(H,35,36,37,38). The molecule has 40 heavy (non-hydrogen) atoms. The van der Waals surface area contributed by atoms with E-state index < -0.39 is 0 Å². The van der Waals surface area contributed by atoms with Crippen molar-refractivity contribution in [2.75, 3.05) is 0 Å². The lowest BCUT2D eigenvalue weighted by atomic mass is 9.93. The molecule has 0 bridgehead atoms. The molecule has 0 atom stereocenters. The number of H-pyrrole nitrogens is 1. The summed E-state index contributed by atoms with van der Waals surface area (Å²) in [4.78, 5) is 17.8. The van der Waals surface area contributed by atoms with Crippen molar-refractivity contribution in [3.63, 3.8) is 0 Å². The minimum atomic E-state index is 0.169. The third-order valence-electron chi connectivity index (χ3n) is 7.25. The number of aromatic nitrogens is 6. The summed E-state index contributed by atoms with van der Waals surface area (Å²) < 4.78 is 2.12. The monoisotopic (exact) mass is 532 g/mol. The second kappa shape index (κ2) is 12.6. The lowest BCUT2D eigenvalue weighted by molar-refractivity contribution is 0.0966. The molecule has 0 aliphatic carbocycles. The van der Waals surface area contributed by atoms with Crippen LogP contribution in [-0.4, -0.2) is 36.0 Å². The third kappa shape index (κ3) is 6.25. The average Bonchev–Trinajstić information content (AvgIpc) is 3.66. The van der Waals surface area contributed by atoms with Crippen LogP contribution in [-0.2, 0) is 13.0 Å². The second-order valence-corrected chi connectivity index (χ2v) is 10.7. The zero-order valence-corrected chi connectivity index (χ0v) is 23.5. The number of benzene rings is 3. The molecule has 2 heterocycles. The predicted octanol–water partition coefficient (Wildman–Crippen LogP) is 7.41. The maximum absolute atomic E-state index is 13.1. The van der Waals surface area contributed by atoms with Crippen molar-refractivity contribution in [1.29, 1.82) is 0 Å². The van der Waals surface area contributed by atoms with Crippen LogP contribution in [0.2, 0.25) is 0 Å². The van der Waals surface area contributed by atoms with E-state index in [1.807, 2.05) is 18.2 Å². The van der Waals surface area contributed by atoms with Crippen molar-refractivity contribution in [2.45, 2.75) is 59.4 Å². The number of nitrogens with zero attached hydrogens (tertiary/aromatic N) is 5. The topological polar surface area (TPSA) is 89.4 Å². The maximum atomic E-state index is 13.1. The number of aromatic amines is 1. The molecule has 7 nitrogen and oxygen atoms in total. The SMILES string of the molecule is CCCCc1ncc(C(=O)CCC(C)C)n1Cc1ccc(-c2cc(-c3ccccc3)ccc2-c2nn[nH]n2)cc1. The van der Waals surface area contributed by atoms with Gasteiger partial charge in [-0.1, -0.05) is 87.9 Å². The lowest BCUT2D eigenvalue weighted by Crippen LogP contribution is -2.13. The first-order valence-corrected chi connectivity index (χ1v) is 14.1. The van der Waals surface area contributed by atoms with Gasteiger partial charge in [0.15, 0.2) is 5.78 Å². The minimum absolute atomic E-state index is 0.169. The fourth-order valence-electron chi connectivity index (χ4n) is 4.93. The number of ketones is 1. The van der Waals surface area contributed by atoms with Gasteiger partial charge in [-0.15, -0.1) is 10.2 Å². The first-order valence-electron chi connectivity index (χ1n) is 14.1. The molecule has 0 saturated heterocycles. The lowest BCUT2D eigenvalue weighted by Gasteiger charge is -2.14. The zero-order valence-electron chi connectivity index (χ0n) is 23.5. The van der Waals surface area contributed by atoms with Gasteiger partial charge in [0.05, 0.1) is 6.20 Å². The van der Waals surface area contributed by atoms with Crippen molar-refractivity contribution in [3.8, 4) is 33.6 Å².